The van der Waals surface area contributed by atoms with Crippen LogP contribution in [0.5, 0.6) is 0 Å². The average molecular weight is 398 g/mol. The van der Waals surface area contributed by atoms with Gasteiger partial charge in [-0.2, -0.15) is 9.61 Å². The first-order valence-electron chi connectivity index (χ1n) is 9.32. The summed E-state index contributed by atoms with van der Waals surface area (Å²) in [5, 5.41) is 11.3. The first-order chi connectivity index (χ1) is 13.5. The van der Waals surface area contributed by atoms with Gasteiger partial charge in [-0.05, 0) is 30.7 Å². The van der Waals surface area contributed by atoms with E-state index in [2.05, 4.69) is 25.6 Å². The molecular formula is C19H22N6O2S. The van der Waals surface area contributed by atoms with Crippen LogP contribution in [0.15, 0.2) is 29.1 Å². The lowest BCUT2D eigenvalue weighted by Crippen LogP contribution is -2.44. The maximum absolute atomic E-state index is 12.6. The maximum atomic E-state index is 12.6. The third-order valence-corrected chi connectivity index (χ3v) is 5.56. The zero-order valence-corrected chi connectivity index (χ0v) is 16.7. The minimum absolute atomic E-state index is 0.0422. The lowest BCUT2D eigenvalue weighted by atomic mass is 10.1. The Kier molecular flexibility index (Phi) is 5.10. The van der Waals surface area contributed by atoms with Crippen molar-refractivity contribution in [1.82, 2.24) is 19.9 Å². The van der Waals surface area contributed by atoms with E-state index in [1.165, 1.54) is 15.9 Å². The molecule has 1 aromatic carbocycles. The van der Waals surface area contributed by atoms with Crippen LogP contribution in [0.4, 0.5) is 11.5 Å². The smallest absolute Gasteiger partial charge is 0.277 e. The van der Waals surface area contributed by atoms with Crippen molar-refractivity contribution in [3.8, 4) is 10.6 Å². The molecular weight excluding hydrogens is 376 g/mol. The largest absolute Gasteiger partial charge is 0.354 e. The van der Waals surface area contributed by atoms with E-state index in [-0.39, 0.29) is 11.5 Å². The first-order valence-corrected chi connectivity index (χ1v) is 10.1. The van der Waals surface area contributed by atoms with Gasteiger partial charge in [-0.1, -0.05) is 18.3 Å². The van der Waals surface area contributed by atoms with E-state index in [9.17, 15) is 9.59 Å². The molecule has 1 saturated heterocycles. The van der Waals surface area contributed by atoms with Crippen LogP contribution < -0.4 is 21.1 Å². The molecule has 28 heavy (non-hydrogen) atoms. The minimum Gasteiger partial charge on any atom is -0.354 e. The van der Waals surface area contributed by atoms with Crippen molar-refractivity contribution in [2.24, 2.45) is 0 Å². The second-order valence-corrected chi connectivity index (χ2v) is 7.74. The summed E-state index contributed by atoms with van der Waals surface area (Å²) in [6, 6.07) is 7.32. The molecule has 3 heterocycles. The Morgan fingerprint density at radius 2 is 2.04 bits per heavy atom. The van der Waals surface area contributed by atoms with E-state index in [1.54, 1.807) is 6.07 Å². The second-order valence-electron chi connectivity index (χ2n) is 6.78. The van der Waals surface area contributed by atoms with E-state index in [4.69, 9.17) is 0 Å². The number of nitrogens with one attached hydrogen (secondary N) is 2. The molecule has 4 rings (SSSR count). The fourth-order valence-electron chi connectivity index (χ4n) is 3.20. The zero-order chi connectivity index (χ0) is 19.7. The number of nitrogens with zero attached hydrogens (tertiary/aromatic N) is 4. The number of piperazine rings is 1. The minimum atomic E-state index is -0.187. The molecule has 1 aliphatic rings. The van der Waals surface area contributed by atoms with Crippen LogP contribution in [0.25, 0.3) is 15.5 Å². The molecule has 3 aromatic rings. The van der Waals surface area contributed by atoms with Crippen molar-refractivity contribution in [2.75, 3.05) is 36.4 Å². The van der Waals surface area contributed by atoms with Crippen molar-refractivity contribution >= 4 is 33.7 Å². The number of carbonyl (C=O) groups is 1. The lowest BCUT2D eigenvalue weighted by molar-refractivity contribution is -0.115. The molecule has 146 valence electrons. The summed E-state index contributed by atoms with van der Waals surface area (Å²) in [4.78, 5) is 31.6. The van der Waals surface area contributed by atoms with Gasteiger partial charge in [-0.3, -0.25) is 9.59 Å². The third-order valence-electron chi connectivity index (χ3n) is 4.60. The Bertz CT molecular complexity index is 1080. The number of aromatic nitrogens is 3. The van der Waals surface area contributed by atoms with Crippen LogP contribution in [-0.2, 0) is 4.79 Å². The van der Waals surface area contributed by atoms with E-state index < -0.39 is 0 Å². The van der Waals surface area contributed by atoms with E-state index in [1.807, 2.05) is 32.0 Å². The van der Waals surface area contributed by atoms with Crippen LogP contribution in [0.2, 0.25) is 0 Å². The highest BCUT2D eigenvalue weighted by Gasteiger charge is 2.16. The number of hydrogen-bond donors (Lipinski definition) is 2. The van der Waals surface area contributed by atoms with Crippen molar-refractivity contribution in [3.63, 3.8) is 0 Å². The van der Waals surface area contributed by atoms with Crippen LogP contribution in [0, 0.1) is 6.92 Å². The normalized spacial score (nSPS) is 14.4. The fraction of sp³-hybridized carbons (Fsp3) is 0.368. The molecule has 0 atom stereocenters. The van der Waals surface area contributed by atoms with Crippen LogP contribution in [-0.4, -0.2) is 46.7 Å². The summed E-state index contributed by atoms with van der Waals surface area (Å²) in [6.45, 7) is 7.19. The monoisotopic (exact) mass is 398 g/mol. The summed E-state index contributed by atoms with van der Waals surface area (Å²) in [7, 11) is 0. The predicted octanol–water partition coefficient (Wildman–Crippen LogP) is 1.88. The predicted molar refractivity (Wildman–Crippen MR) is 111 cm³/mol. The number of anilines is 2. The molecule has 0 unspecified atom stereocenters. The Morgan fingerprint density at radius 3 is 2.79 bits per heavy atom. The molecule has 2 N–H and O–H groups in total. The van der Waals surface area contributed by atoms with Gasteiger partial charge in [0.25, 0.3) is 5.56 Å². The highest BCUT2D eigenvalue weighted by molar-refractivity contribution is 7.19. The number of fused-ring (bicyclic) bond motifs is 1. The van der Waals surface area contributed by atoms with Crippen molar-refractivity contribution in [3.05, 3.63) is 40.2 Å². The summed E-state index contributed by atoms with van der Waals surface area (Å²) in [5.41, 5.74) is 2.39. The van der Waals surface area contributed by atoms with Gasteiger partial charge in [0.1, 0.15) is 10.8 Å². The Hall–Kier alpha value is -2.78. The summed E-state index contributed by atoms with van der Waals surface area (Å²) in [5.74, 6) is 0.654. The van der Waals surface area contributed by atoms with Crippen LogP contribution >= 0.6 is 11.3 Å². The Labute approximate surface area is 166 Å². The third kappa shape index (κ3) is 3.76. The molecule has 2 aromatic heterocycles. The maximum Gasteiger partial charge on any atom is 0.277 e. The quantitative estimate of drug-likeness (QED) is 0.697. The molecule has 0 saturated carbocycles. The van der Waals surface area contributed by atoms with Crippen LogP contribution in [0.3, 0.4) is 0 Å². The molecule has 9 heteroatoms. The van der Waals surface area contributed by atoms with Gasteiger partial charge in [0.2, 0.25) is 10.9 Å². The van der Waals surface area contributed by atoms with Crippen molar-refractivity contribution < 1.29 is 4.79 Å². The van der Waals surface area contributed by atoms with E-state index in [0.717, 1.165) is 43.0 Å². The average Bonchev–Trinajstić information content (AvgIpc) is 3.13. The molecule has 1 aliphatic heterocycles. The van der Waals surface area contributed by atoms with Gasteiger partial charge in [-0.15, -0.1) is 0 Å². The highest BCUT2D eigenvalue weighted by Crippen LogP contribution is 2.28. The number of carbonyl (C=O) groups excluding carboxylic acids is 1. The summed E-state index contributed by atoms with van der Waals surface area (Å²) in [6.07, 6.45) is 0.415. The molecule has 1 fully saturated rings. The molecule has 1 amide bonds. The van der Waals surface area contributed by atoms with Crippen molar-refractivity contribution in [2.45, 2.75) is 20.3 Å². The number of benzene rings is 1. The van der Waals surface area contributed by atoms with Crippen LogP contribution in [0.1, 0.15) is 18.9 Å². The molecule has 0 spiro atoms. The molecule has 0 bridgehead atoms. The van der Waals surface area contributed by atoms with Gasteiger partial charge < -0.3 is 15.5 Å². The fourth-order valence-corrected chi connectivity index (χ4v) is 4.09. The van der Waals surface area contributed by atoms with Gasteiger partial charge in [0.05, 0.1) is 0 Å². The number of amides is 1. The SMILES string of the molecule is CCC(=O)Nc1cc(C)cc(-c2nn3c(=O)cc(N4CCNCC4)nc3s2)c1. The topological polar surface area (TPSA) is 91.6 Å². The number of hydrogen-bond acceptors (Lipinski definition) is 7. The first kappa shape index (κ1) is 18.6. The second kappa shape index (κ2) is 7.69. The molecule has 0 aliphatic carbocycles. The van der Waals surface area contributed by atoms with Crippen molar-refractivity contribution in [1.29, 1.82) is 0 Å². The van der Waals surface area contributed by atoms with Gasteiger partial charge in [-0.25, -0.2) is 4.98 Å². The Morgan fingerprint density at radius 1 is 1.25 bits per heavy atom. The summed E-state index contributed by atoms with van der Waals surface area (Å²) >= 11 is 1.37. The number of rotatable bonds is 4. The Balaban J connectivity index is 1.72. The summed E-state index contributed by atoms with van der Waals surface area (Å²) < 4.78 is 1.35. The highest BCUT2D eigenvalue weighted by atomic mass is 32.1. The standard InChI is InChI=1S/C19H22N6O2S/c1-3-16(26)21-14-9-12(2)8-13(10-14)18-23-25-17(27)11-15(22-19(25)28-18)24-6-4-20-5-7-24/h8-11,20H,3-7H2,1-2H3,(H,21,26). The number of aryl methyl sites for hydroxylation is 1. The van der Waals surface area contributed by atoms with Gasteiger partial charge in [0, 0.05) is 49.9 Å². The van der Waals surface area contributed by atoms with E-state index >= 15 is 0 Å². The zero-order valence-electron chi connectivity index (χ0n) is 15.9. The van der Waals surface area contributed by atoms with Gasteiger partial charge >= 0.3 is 0 Å². The molecule has 8 nitrogen and oxygen atoms in total. The van der Waals surface area contributed by atoms with Gasteiger partial charge in [0.15, 0.2) is 0 Å². The molecule has 0 radical (unpaired) electrons. The lowest BCUT2D eigenvalue weighted by Gasteiger charge is -2.27. The van der Waals surface area contributed by atoms with E-state index in [0.29, 0.717) is 22.2 Å².